The van der Waals surface area contributed by atoms with Crippen LogP contribution in [0.2, 0.25) is 0 Å². The number of rotatable bonds is 6. The monoisotopic (exact) mass is 470 g/mol. The van der Waals surface area contributed by atoms with Crippen LogP contribution in [-0.2, 0) is 6.42 Å². The normalized spacial score (nSPS) is 12.7. The second-order valence-corrected chi connectivity index (χ2v) is 8.01. The Morgan fingerprint density at radius 3 is 2.49 bits per heavy atom. The molecule has 1 N–H and O–H groups in total. The van der Waals surface area contributed by atoms with E-state index in [9.17, 15) is 18.8 Å². The molecule has 9 nitrogen and oxygen atoms in total. The van der Waals surface area contributed by atoms with Crippen LogP contribution in [0.25, 0.3) is 5.69 Å². The van der Waals surface area contributed by atoms with Gasteiger partial charge in [-0.3, -0.25) is 19.3 Å². The van der Waals surface area contributed by atoms with E-state index in [0.717, 1.165) is 5.56 Å². The lowest BCUT2D eigenvalue weighted by atomic mass is 10.1. The smallest absolute Gasteiger partial charge is 0.261 e. The summed E-state index contributed by atoms with van der Waals surface area (Å²) in [7, 11) is 0. The lowest BCUT2D eigenvalue weighted by Crippen LogP contribution is -2.31. The van der Waals surface area contributed by atoms with E-state index in [1.165, 1.54) is 46.0 Å². The number of hydrogen-bond donors (Lipinski definition) is 1. The summed E-state index contributed by atoms with van der Waals surface area (Å²) >= 11 is 0. The van der Waals surface area contributed by atoms with Gasteiger partial charge in [0.2, 0.25) is 0 Å². The Labute approximate surface area is 199 Å². The number of aromatic nitrogens is 4. The van der Waals surface area contributed by atoms with Gasteiger partial charge < -0.3 is 5.32 Å². The van der Waals surface area contributed by atoms with Crippen molar-refractivity contribution < 1.29 is 18.8 Å². The van der Waals surface area contributed by atoms with Crippen LogP contribution in [0.15, 0.2) is 66.7 Å². The van der Waals surface area contributed by atoms with Crippen molar-refractivity contribution in [2.24, 2.45) is 0 Å². The number of carbonyl (C=O) groups is 3. The number of benzene rings is 3. The third-order valence-electron chi connectivity index (χ3n) is 5.77. The van der Waals surface area contributed by atoms with Crippen molar-refractivity contribution in [2.45, 2.75) is 13.3 Å². The van der Waals surface area contributed by atoms with Crippen LogP contribution in [-0.4, -0.2) is 49.4 Å². The maximum Gasteiger partial charge on any atom is 0.261 e. The van der Waals surface area contributed by atoms with E-state index in [0.29, 0.717) is 17.9 Å². The van der Waals surface area contributed by atoms with Crippen molar-refractivity contribution in [3.8, 4) is 5.69 Å². The first-order valence-electron chi connectivity index (χ1n) is 10.8. The fraction of sp³-hybridized carbons (Fsp3) is 0.120. The third kappa shape index (κ3) is 4.17. The molecule has 0 atom stereocenters. The number of imide groups is 1. The number of carbonyl (C=O) groups excluding carboxylic acids is 3. The minimum atomic E-state index is -0.646. The molecule has 0 bridgehead atoms. The average Bonchev–Trinajstić information content (AvgIpc) is 3.40. The standard InChI is InChI=1S/C25H19FN6O3/c1-15-28-29-30-32(15)18-8-10-21(26)22(14-18)27-23(33)17-7-9-19-20(13-17)25(35)31(24(19)34)12-11-16-5-3-2-4-6-16/h2-10,13-14H,11-12H2,1H3,(H,27,33). The molecule has 174 valence electrons. The summed E-state index contributed by atoms with van der Waals surface area (Å²) in [4.78, 5) is 39.7. The van der Waals surface area contributed by atoms with Crippen molar-refractivity contribution in [1.82, 2.24) is 25.1 Å². The highest BCUT2D eigenvalue weighted by atomic mass is 19.1. The van der Waals surface area contributed by atoms with Gasteiger partial charge >= 0.3 is 0 Å². The largest absolute Gasteiger partial charge is 0.319 e. The molecule has 3 amide bonds. The van der Waals surface area contributed by atoms with E-state index in [2.05, 4.69) is 20.8 Å². The zero-order valence-corrected chi connectivity index (χ0v) is 18.6. The van der Waals surface area contributed by atoms with Gasteiger partial charge in [0.15, 0.2) is 5.82 Å². The van der Waals surface area contributed by atoms with Gasteiger partial charge in [0.25, 0.3) is 17.7 Å². The number of aryl methyl sites for hydroxylation is 1. The lowest BCUT2D eigenvalue weighted by molar-refractivity contribution is 0.0656. The zero-order valence-electron chi connectivity index (χ0n) is 18.6. The molecule has 0 aliphatic carbocycles. The van der Waals surface area contributed by atoms with Crippen molar-refractivity contribution in [1.29, 1.82) is 0 Å². The third-order valence-corrected chi connectivity index (χ3v) is 5.77. The summed E-state index contributed by atoms with van der Waals surface area (Å²) in [6.45, 7) is 1.92. The van der Waals surface area contributed by atoms with Gasteiger partial charge in [-0.25, -0.2) is 4.39 Å². The molecular formula is C25H19FN6O3. The van der Waals surface area contributed by atoms with E-state index < -0.39 is 23.5 Å². The molecule has 1 aliphatic rings. The highest BCUT2D eigenvalue weighted by molar-refractivity contribution is 6.22. The van der Waals surface area contributed by atoms with Gasteiger partial charge in [-0.05, 0) is 65.7 Å². The molecule has 1 aromatic heterocycles. The highest BCUT2D eigenvalue weighted by Crippen LogP contribution is 2.26. The molecule has 0 unspecified atom stereocenters. The van der Waals surface area contributed by atoms with E-state index in [1.54, 1.807) is 6.92 Å². The zero-order chi connectivity index (χ0) is 24.5. The second kappa shape index (κ2) is 8.90. The van der Waals surface area contributed by atoms with Crippen molar-refractivity contribution in [3.05, 3.63) is 101 Å². The Morgan fingerprint density at radius 2 is 1.74 bits per heavy atom. The predicted molar refractivity (Wildman–Crippen MR) is 124 cm³/mol. The van der Waals surface area contributed by atoms with E-state index in [-0.39, 0.29) is 28.9 Å². The molecule has 0 saturated heterocycles. The first-order valence-corrected chi connectivity index (χ1v) is 10.8. The number of nitrogens with one attached hydrogen (secondary N) is 1. The molecular weight excluding hydrogens is 451 g/mol. The molecule has 4 aromatic rings. The topological polar surface area (TPSA) is 110 Å². The van der Waals surface area contributed by atoms with Crippen molar-refractivity contribution in [3.63, 3.8) is 0 Å². The van der Waals surface area contributed by atoms with Gasteiger partial charge in [0.1, 0.15) is 5.82 Å². The molecule has 0 radical (unpaired) electrons. The minimum absolute atomic E-state index is 0.0743. The Hall–Kier alpha value is -4.73. The molecule has 0 saturated carbocycles. The van der Waals surface area contributed by atoms with Crippen molar-refractivity contribution in [2.75, 3.05) is 11.9 Å². The average molecular weight is 470 g/mol. The molecule has 35 heavy (non-hydrogen) atoms. The van der Waals surface area contributed by atoms with Crippen LogP contribution in [0.3, 0.4) is 0 Å². The SMILES string of the molecule is Cc1nnnn1-c1ccc(F)c(NC(=O)c2ccc3c(c2)C(=O)N(CCc2ccccc2)C3=O)c1. The van der Waals surface area contributed by atoms with E-state index in [1.807, 2.05) is 30.3 Å². The van der Waals surface area contributed by atoms with Crippen molar-refractivity contribution >= 4 is 23.4 Å². The summed E-state index contributed by atoms with van der Waals surface area (Å²) < 4.78 is 15.8. The Morgan fingerprint density at radius 1 is 0.971 bits per heavy atom. The summed E-state index contributed by atoms with van der Waals surface area (Å²) in [5.41, 5.74) is 1.91. The maximum absolute atomic E-state index is 14.4. The quantitative estimate of drug-likeness (QED) is 0.434. The fourth-order valence-corrected chi connectivity index (χ4v) is 3.93. The van der Waals surface area contributed by atoms with Crippen LogP contribution >= 0.6 is 0 Å². The fourth-order valence-electron chi connectivity index (χ4n) is 3.93. The van der Waals surface area contributed by atoms with Gasteiger partial charge in [-0.2, -0.15) is 4.68 Å². The Kier molecular flexibility index (Phi) is 5.61. The predicted octanol–water partition coefficient (Wildman–Crippen LogP) is 3.20. The molecule has 0 fully saturated rings. The number of tetrazole rings is 1. The van der Waals surface area contributed by atoms with Gasteiger partial charge in [-0.15, -0.1) is 5.10 Å². The number of nitrogens with zero attached hydrogens (tertiary/aromatic N) is 5. The first kappa shape index (κ1) is 22.1. The summed E-state index contributed by atoms with van der Waals surface area (Å²) in [5.74, 6) is -1.64. The Balaban J connectivity index is 1.35. The van der Waals surface area contributed by atoms with E-state index >= 15 is 0 Å². The first-order chi connectivity index (χ1) is 16.9. The summed E-state index contributed by atoms with van der Waals surface area (Å²) in [5, 5.41) is 13.7. The lowest BCUT2D eigenvalue weighted by Gasteiger charge is -2.13. The summed E-state index contributed by atoms with van der Waals surface area (Å²) in [6.07, 6.45) is 0.524. The molecule has 0 spiro atoms. The number of amides is 3. The number of hydrogen-bond acceptors (Lipinski definition) is 6. The summed E-state index contributed by atoms with van der Waals surface area (Å²) in [6, 6.07) is 17.9. The van der Waals surface area contributed by atoms with Crippen LogP contribution in [0, 0.1) is 12.7 Å². The number of fused-ring (bicyclic) bond motifs is 1. The molecule has 2 heterocycles. The van der Waals surface area contributed by atoms with Gasteiger partial charge in [-0.1, -0.05) is 30.3 Å². The number of anilines is 1. The molecule has 10 heteroatoms. The maximum atomic E-state index is 14.4. The molecule has 3 aromatic carbocycles. The second-order valence-electron chi connectivity index (χ2n) is 8.01. The highest BCUT2D eigenvalue weighted by Gasteiger charge is 2.35. The molecule has 1 aliphatic heterocycles. The Bertz CT molecular complexity index is 1470. The van der Waals surface area contributed by atoms with Crippen LogP contribution < -0.4 is 5.32 Å². The van der Waals surface area contributed by atoms with Gasteiger partial charge in [0, 0.05) is 12.1 Å². The molecule has 5 rings (SSSR count). The number of halogens is 1. The van der Waals surface area contributed by atoms with E-state index in [4.69, 9.17) is 0 Å². The minimum Gasteiger partial charge on any atom is -0.319 e. The van der Waals surface area contributed by atoms with Crippen LogP contribution in [0.1, 0.15) is 42.5 Å². The van der Waals surface area contributed by atoms with Crippen LogP contribution in [0.5, 0.6) is 0 Å². The van der Waals surface area contributed by atoms with Gasteiger partial charge in [0.05, 0.1) is 22.5 Å². The van der Waals surface area contributed by atoms with Crippen LogP contribution in [0.4, 0.5) is 10.1 Å².